The maximum atomic E-state index is 12.2. The first-order valence-corrected chi connectivity index (χ1v) is 6.70. The summed E-state index contributed by atoms with van der Waals surface area (Å²) in [6.07, 6.45) is -4.39. The summed E-state index contributed by atoms with van der Waals surface area (Å²) in [6, 6.07) is 3.74. The van der Waals surface area contributed by atoms with Gasteiger partial charge in [0.15, 0.2) is 0 Å². The Hall–Kier alpha value is -1.01. The molecule has 3 nitrogen and oxygen atoms in total. The molecule has 0 saturated heterocycles. The van der Waals surface area contributed by atoms with Gasteiger partial charge in [-0.25, -0.2) is 0 Å². The number of furan rings is 1. The van der Waals surface area contributed by atoms with Gasteiger partial charge in [-0.05, 0) is 45.9 Å². The highest BCUT2D eigenvalue weighted by molar-refractivity contribution is 5.06. The van der Waals surface area contributed by atoms with Crippen LogP contribution in [0.1, 0.15) is 37.7 Å². The summed E-state index contributed by atoms with van der Waals surface area (Å²) in [7, 11) is 1.86. The zero-order chi connectivity index (χ0) is 15.4. The number of halogens is 3. The van der Waals surface area contributed by atoms with Gasteiger partial charge in [-0.3, -0.25) is 4.90 Å². The van der Waals surface area contributed by atoms with E-state index in [1.54, 1.807) is 0 Å². The third-order valence-electron chi connectivity index (χ3n) is 3.73. The van der Waals surface area contributed by atoms with Crippen LogP contribution in [0.15, 0.2) is 16.5 Å². The lowest BCUT2D eigenvalue weighted by atomic mass is 9.93. The summed E-state index contributed by atoms with van der Waals surface area (Å²) in [6.45, 7) is 4.59. The Balaban J connectivity index is 2.57. The van der Waals surface area contributed by atoms with E-state index in [0.717, 1.165) is 11.5 Å². The monoisotopic (exact) mass is 292 g/mol. The van der Waals surface area contributed by atoms with Crippen LogP contribution in [-0.2, 0) is 6.54 Å². The van der Waals surface area contributed by atoms with E-state index < -0.39 is 18.1 Å². The number of nitrogens with two attached hydrogens (primary N) is 1. The zero-order valence-corrected chi connectivity index (χ0v) is 12.3. The second-order valence-corrected chi connectivity index (χ2v) is 5.54. The first-order valence-electron chi connectivity index (χ1n) is 6.70. The maximum Gasteiger partial charge on any atom is 0.389 e. The van der Waals surface area contributed by atoms with Crippen LogP contribution in [0.25, 0.3) is 0 Å². The molecule has 0 amide bonds. The van der Waals surface area contributed by atoms with E-state index >= 15 is 0 Å². The zero-order valence-electron chi connectivity index (χ0n) is 12.3. The van der Waals surface area contributed by atoms with Crippen molar-refractivity contribution >= 4 is 0 Å². The van der Waals surface area contributed by atoms with Crippen LogP contribution >= 0.6 is 0 Å². The summed E-state index contributed by atoms with van der Waals surface area (Å²) in [5, 5.41) is 0. The van der Waals surface area contributed by atoms with E-state index in [9.17, 15) is 13.2 Å². The van der Waals surface area contributed by atoms with Crippen LogP contribution < -0.4 is 5.73 Å². The van der Waals surface area contributed by atoms with Crippen molar-refractivity contribution in [1.82, 2.24) is 4.90 Å². The van der Waals surface area contributed by atoms with Gasteiger partial charge in [0.2, 0.25) is 0 Å². The highest BCUT2D eigenvalue weighted by atomic mass is 19.4. The Bertz CT molecular complexity index is 417. The molecule has 0 aromatic carbocycles. The standard InChI is InChI=1S/C14H23F3N2O/c1-11-5-6-12(20-11)9-19(3)13(2,10-18)7-4-8-14(15,16)17/h5-6H,4,7-10,18H2,1-3H3. The number of likely N-dealkylation sites (N-methyl/N-ethyl adjacent to an activating group) is 1. The van der Waals surface area contributed by atoms with E-state index in [-0.39, 0.29) is 6.42 Å². The number of hydrogen-bond acceptors (Lipinski definition) is 3. The number of rotatable bonds is 7. The summed E-state index contributed by atoms with van der Waals surface area (Å²) in [4.78, 5) is 1.96. The fraction of sp³-hybridized carbons (Fsp3) is 0.714. The molecule has 0 aliphatic rings. The van der Waals surface area contributed by atoms with Gasteiger partial charge in [-0.2, -0.15) is 13.2 Å². The van der Waals surface area contributed by atoms with Gasteiger partial charge in [0.25, 0.3) is 0 Å². The summed E-state index contributed by atoms with van der Waals surface area (Å²) in [5.74, 6) is 1.61. The van der Waals surface area contributed by atoms with E-state index in [4.69, 9.17) is 10.2 Å². The molecular formula is C14H23F3N2O. The van der Waals surface area contributed by atoms with Crippen molar-refractivity contribution in [2.24, 2.45) is 5.73 Å². The van der Waals surface area contributed by atoms with E-state index in [1.165, 1.54) is 0 Å². The lowest BCUT2D eigenvalue weighted by Gasteiger charge is -2.38. The minimum atomic E-state index is -4.10. The molecule has 1 rings (SSSR count). The smallest absolute Gasteiger partial charge is 0.389 e. The van der Waals surface area contributed by atoms with Crippen LogP contribution in [0, 0.1) is 6.92 Å². The lowest BCUT2D eigenvalue weighted by molar-refractivity contribution is -0.136. The molecule has 0 aliphatic carbocycles. The molecule has 0 radical (unpaired) electrons. The molecule has 1 atom stereocenters. The first kappa shape index (κ1) is 17.0. The topological polar surface area (TPSA) is 42.4 Å². The van der Waals surface area contributed by atoms with Gasteiger partial charge in [-0.15, -0.1) is 0 Å². The van der Waals surface area contributed by atoms with Crippen molar-refractivity contribution in [3.05, 3.63) is 23.7 Å². The summed E-state index contributed by atoms with van der Waals surface area (Å²) < 4.78 is 42.2. The van der Waals surface area contributed by atoms with E-state index in [1.807, 2.05) is 37.9 Å². The van der Waals surface area contributed by atoms with Crippen LogP contribution in [0.4, 0.5) is 13.2 Å². The summed E-state index contributed by atoms with van der Waals surface area (Å²) in [5.41, 5.74) is 5.30. The Labute approximate surface area is 117 Å². The van der Waals surface area contributed by atoms with Crippen molar-refractivity contribution < 1.29 is 17.6 Å². The quantitative estimate of drug-likeness (QED) is 0.836. The summed E-state index contributed by atoms with van der Waals surface area (Å²) >= 11 is 0. The molecule has 116 valence electrons. The second-order valence-electron chi connectivity index (χ2n) is 5.54. The molecular weight excluding hydrogens is 269 g/mol. The Morgan fingerprint density at radius 3 is 2.35 bits per heavy atom. The molecule has 2 N–H and O–H groups in total. The van der Waals surface area contributed by atoms with Gasteiger partial charge >= 0.3 is 6.18 Å². The molecule has 0 bridgehead atoms. The van der Waals surface area contributed by atoms with Crippen molar-refractivity contribution in [3.63, 3.8) is 0 Å². The molecule has 1 aromatic heterocycles. The fourth-order valence-electron chi connectivity index (χ4n) is 2.11. The van der Waals surface area contributed by atoms with Crippen LogP contribution in [-0.4, -0.2) is 30.2 Å². The number of nitrogens with zero attached hydrogens (tertiary/aromatic N) is 1. The third-order valence-corrected chi connectivity index (χ3v) is 3.73. The number of aryl methyl sites for hydroxylation is 1. The predicted molar refractivity (Wildman–Crippen MR) is 72.3 cm³/mol. The van der Waals surface area contributed by atoms with Gasteiger partial charge in [0.1, 0.15) is 11.5 Å². The predicted octanol–water partition coefficient (Wildman–Crippen LogP) is 3.47. The van der Waals surface area contributed by atoms with Crippen molar-refractivity contribution in [2.45, 2.75) is 51.4 Å². The SMILES string of the molecule is Cc1ccc(CN(C)C(C)(CN)CCCC(F)(F)F)o1. The van der Waals surface area contributed by atoms with Crippen LogP contribution in [0.2, 0.25) is 0 Å². The van der Waals surface area contributed by atoms with Crippen molar-refractivity contribution in [3.8, 4) is 0 Å². The molecule has 0 aliphatic heterocycles. The van der Waals surface area contributed by atoms with Crippen LogP contribution in [0.5, 0.6) is 0 Å². The molecule has 6 heteroatoms. The highest BCUT2D eigenvalue weighted by Crippen LogP contribution is 2.27. The minimum absolute atomic E-state index is 0.0821. The molecule has 1 heterocycles. The van der Waals surface area contributed by atoms with Gasteiger partial charge in [0.05, 0.1) is 6.54 Å². The van der Waals surface area contributed by atoms with Crippen molar-refractivity contribution in [2.75, 3.05) is 13.6 Å². The highest BCUT2D eigenvalue weighted by Gasteiger charge is 2.32. The molecule has 20 heavy (non-hydrogen) atoms. The molecule has 1 unspecified atom stereocenters. The molecule has 0 fully saturated rings. The normalized spacial score (nSPS) is 15.6. The van der Waals surface area contributed by atoms with Crippen molar-refractivity contribution in [1.29, 1.82) is 0 Å². The Morgan fingerprint density at radius 2 is 1.90 bits per heavy atom. The van der Waals surface area contributed by atoms with Crippen LogP contribution in [0.3, 0.4) is 0 Å². The lowest BCUT2D eigenvalue weighted by Crippen LogP contribution is -2.49. The van der Waals surface area contributed by atoms with Gasteiger partial charge in [-0.1, -0.05) is 0 Å². The van der Waals surface area contributed by atoms with E-state index in [2.05, 4.69) is 0 Å². The molecule has 0 saturated carbocycles. The largest absolute Gasteiger partial charge is 0.465 e. The number of hydrogen-bond donors (Lipinski definition) is 1. The molecule has 0 spiro atoms. The maximum absolute atomic E-state index is 12.2. The third kappa shape index (κ3) is 5.17. The Morgan fingerprint density at radius 1 is 1.25 bits per heavy atom. The average molecular weight is 292 g/mol. The average Bonchev–Trinajstić information content (AvgIpc) is 2.72. The van der Waals surface area contributed by atoms with E-state index in [0.29, 0.717) is 19.5 Å². The Kier molecular flexibility index (Phi) is 5.65. The second kappa shape index (κ2) is 6.63. The first-order chi connectivity index (χ1) is 9.16. The molecule has 1 aromatic rings. The van der Waals surface area contributed by atoms with Gasteiger partial charge in [0, 0.05) is 18.5 Å². The minimum Gasteiger partial charge on any atom is -0.465 e. The number of alkyl halides is 3. The fourth-order valence-corrected chi connectivity index (χ4v) is 2.11. The van der Waals surface area contributed by atoms with Gasteiger partial charge < -0.3 is 10.2 Å².